The summed E-state index contributed by atoms with van der Waals surface area (Å²) in [5.74, 6) is 0. The monoisotopic (exact) mass is 306 g/mol. The van der Waals surface area contributed by atoms with Crippen LogP contribution in [0.15, 0.2) is 36.4 Å². The van der Waals surface area contributed by atoms with Crippen LogP contribution >= 0.6 is 0 Å². The number of halogens is 3. The predicted octanol–water partition coefficient (Wildman–Crippen LogP) is 3.21. The van der Waals surface area contributed by atoms with Crippen molar-refractivity contribution in [1.29, 1.82) is 5.26 Å². The molecule has 114 valence electrons. The second kappa shape index (κ2) is 5.18. The van der Waals surface area contributed by atoms with E-state index in [1.807, 2.05) is 6.07 Å². The van der Waals surface area contributed by atoms with Crippen molar-refractivity contribution in [2.45, 2.75) is 24.7 Å². The van der Waals surface area contributed by atoms with Crippen LogP contribution in [0.3, 0.4) is 0 Å². The third-order valence-corrected chi connectivity index (χ3v) is 4.08. The molecule has 0 unspecified atom stereocenters. The highest BCUT2D eigenvalue weighted by Crippen LogP contribution is 2.36. The molecule has 1 saturated heterocycles. The molecule has 0 aliphatic carbocycles. The topological polar surface area (TPSA) is 47.3 Å². The van der Waals surface area contributed by atoms with Gasteiger partial charge in [0.15, 0.2) is 6.10 Å². The fraction of sp³-hybridized carbons (Fsp3) is 0.312. The van der Waals surface area contributed by atoms with Gasteiger partial charge in [0.25, 0.3) is 0 Å². The van der Waals surface area contributed by atoms with Crippen molar-refractivity contribution in [1.82, 2.24) is 0 Å². The van der Waals surface area contributed by atoms with Gasteiger partial charge in [-0.25, -0.2) is 0 Å². The molecular formula is C16H13F3N2O. The van der Waals surface area contributed by atoms with E-state index in [9.17, 15) is 18.3 Å². The van der Waals surface area contributed by atoms with Crippen LogP contribution in [0.1, 0.15) is 12.0 Å². The standard InChI is InChI=1S/C16H13F3N2O/c17-16(18,19)15(22)14-6-7-21(14)12-4-5-13-10(8-12)2-1-3-11(13)9-20/h1-5,8,14-15,22H,6-7H2/t14-,15-/m1/s1. The molecule has 3 nitrogen and oxygen atoms in total. The number of hydrogen-bond acceptors (Lipinski definition) is 3. The average molecular weight is 306 g/mol. The maximum absolute atomic E-state index is 12.6. The molecule has 3 rings (SSSR count). The zero-order valence-electron chi connectivity index (χ0n) is 11.5. The molecule has 6 heteroatoms. The van der Waals surface area contributed by atoms with E-state index in [2.05, 4.69) is 6.07 Å². The van der Waals surface area contributed by atoms with E-state index < -0.39 is 18.3 Å². The number of rotatable bonds is 2. The molecule has 0 saturated carbocycles. The van der Waals surface area contributed by atoms with Crippen LogP contribution in [0, 0.1) is 11.3 Å². The van der Waals surface area contributed by atoms with Gasteiger partial charge in [-0.1, -0.05) is 18.2 Å². The smallest absolute Gasteiger partial charge is 0.382 e. The summed E-state index contributed by atoms with van der Waals surface area (Å²) in [6, 6.07) is 11.6. The van der Waals surface area contributed by atoms with Gasteiger partial charge in [-0.15, -0.1) is 0 Å². The molecule has 0 amide bonds. The van der Waals surface area contributed by atoms with E-state index in [0.29, 0.717) is 24.2 Å². The first-order valence-corrected chi connectivity index (χ1v) is 6.86. The van der Waals surface area contributed by atoms with Crippen molar-refractivity contribution < 1.29 is 18.3 Å². The fourth-order valence-corrected chi connectivity index (χ4v) is 2.82. The lowest BCUT2D eigenvalue weighted by molar-refractivity contribution is -0.213. The first kappa shape index (κ1) is 14.7. The van der Waals surface area contributed by atoms with Gasteiger partial charge in [-0.3, -0.25) is 0 Å². The minimum atomic E-state index is -4.62. The summed E-state index contributed by atoms with van der Waals surface area (Å²) in [4.78, 5) is 1.55. The number of nitrogens with zero attached hydrogens (tertiary/aromatic N) is 2. The molecule has 1 N–H and O–H groups in total. The van der Waals surface area contributed by atoms with Gasteiger partial charge in [-0.05, 0) is 35.4 Å². The van der Waals surface area contributed by atoms with Crippen LogP contribution < -0.4 is 4.90 Å². The van der Waals surface area contributed by atoms with Gasteiger partial charge in [0.2, 0.25) is 0 Å². The van der Waals surface area contributed by atoms with Crippen molar-refractivity contribution >= 4 is 16.5 Å². The van der Waals surface area contributed by atoms with E-state index in [-0.39, 0.29) is 0 Å². The lowest BCUT2D eigenvalue weighted by Crippen LogP contribution is -2.58. The Morgan fingerprint density at radius 1 is 1.27 bits per heavy atom. The normalized spacial score (nSPS) is 19.6. The third kappa shape index (κ3) is 2.38. The Morgan fingerprint density at radius 3 is 2.64 bits per heavy atom. The minimum absolute atomic E-state index is 0.303. The number of aliphatic hydroxyl groups is 1. The zero-order valence-corrected chi connectivity index (χ0v) is 11.5. The van der Waals surface area contributed by atoms with Crippen molar-refractivity contribution in [3.8, 4) is 6.07 Å². The highest BCUT2D eigenvalue weighted by atomic mass is 19.4. The Kier molecular flexibility index (Phi) is 3.45. The highest BCUT2D eigenvalue weighted by molar-refractivity contribution is 5.90. The van der Waals surface area contributed by atoms with Gasteiger partial charge < -0.3 is 10.0 Å². The summed E-state index contributed by atoms with van der Waals surface area (Å²) in [6.07, 6.45) is -6.66. The second-order valence-electron chi connectivity index (χ2n) is 5.36. The van der Waals surface area contributed by atoms with Gasteiger partial charge in [0.1, 0.15) is 0 Å². The van der Waals surface area contributed by atoms with Gasteiger partial charge in [0, 0.05) is 12.2 Å². The fourth-order valence-electron chi connectivity index (χ4n) is 2.82. The van der Waals surface area contributed by atoms with E-state index >= 15 is 0 Å². The summed E-state index contributed by atoms with van der Waals surface area (Å²) < 4.78 is 37.9. The first-order chi connectivity index (χ1) is 10.4. The number of aliphatic hydroxyl groups excluding tert-OH is 1. The van der Waals surface area contributed by atoms with E-state index in [1.54, 1.807) is 35.2 Å². The molecule has 0 bridgehead atoms. The zero-order chi connectivity index (χ0) is 15.9. The van der Waals surface area contributed by atoms with E-state index in [4.69, 9.17) is 5.26 Å². The minimum Gasteiger partial charge on any atom is -0.382 e. The molecule has 2 aromatic rings. The Hall–Kier alpha value is -2.26. The quantitative estimate of drug-likeness (QED) is 0.927. The Balaban J connectivity index is 1.93. The molecule has 0 aromatic heterocycles. The van der Waals surface area contributed by atoms with Crippen molar-refractivity contribution in [2.75, 3.05) is 11.4 Å². The summed E-state index contributed by atoms with van der Waals surface area (Å²) >= 11 is 0. The number of nitriles is 1. The Bertz CT molecular complexity index is 751. The van der Waals surface area contributed by atoms with Crippen LogP contribution in [0.25, 0.3) is 10.8 Å². The van der Waals surface area contributed by atoms with Crippen molar-refractivity contribution in [3.63, 3.8) is 0 Å². The van der Waals surface area contributed by atoms with Crippen LogP contribution in [0.4, 0.5) is 18.9 Å². The molecule has 1 heterocycles. The lowest BCUT2D eigenvalue weighted by Gasteiger charge is -2.45. The number of hydrogen-bond donors (Lipinski definition) is 1. The second-order valence-corrected chi connectivity index (χ2v) is 5.36. The first-order valence-electron chi connectivity index (χ1n) is 6.86. The van der Waals surface area contributed by atoms with Gasteiger partial charge in [-0.2, -0.15) is 18.4 Å². The molecule has 1 aliphatic heterocycles. The van der Waals surface area contributed by atoms with Gasteiger partial charge >= 0.3 is 6.18 Å². The van der Waals surface area contributed by atoms with E-state index in [0.717, 1.165) is 10.8 Å². The van der Waals surface area contributed by atoms with Crippen LogP contribution in [0.5, 0.6) is 0 Å². The third-order valence-electron chi connectivity index (χ3n) is 4.08. The molecule has 1 aliphatic rings. The molecule has 2 atom stereocenters. The van der Waals surface area contributed by atoms with Crippen molar-refractivity contribution in [3.05, 3.63) is 42.0 Å². The molecule has 2 aromatic carbocycles. The summed E-state index contributed by atoms with van der Waals surface area (Å²) in [6.45, 7) is 0.473. The number of benzene rings is 2. The van der Waals surface area contributed by atoms with E-state index in [1.165, 1.54) is 0 Å². The molecule has 1 fully saturated rings. The van der Waals surface area contributed by atoms with Crippen molar-refractivity contribution in [2.24, 2.45) is 0 Å². The SMILES string of the molecule is N#Cc1cccc2cc(N3CC[C@@H]3[C@@H](O)C(F)(F)F)ccc12. The number of alkyl halides is 3. The highest BCUT2D eigenvalue weighted by Gasteiger charge is 2.48. The maximum atomic E-state index is 12.6. The predicted molar refractivity (Wildman–Crippen MR) is 76.5 cm³/mol. The summed E-state index contributed by atoms with van der Waals surface area (Å²) in [5, 5.41) is 20.0. The van der Waals surface area contributed by atoms with Gasteiger partial charge in [0.05, 0.1) is 17.7 Å². The Morgan fingerprint density at radius 2 is 2.05 bits per heavy atom. The molecular weight excluding hydrogens is 293 g/mol. The van der Waals surface area contributed by atoms with Crippen LogP contribution in [-0.4, -0.2) is 30.0 Å². The van der Waals surface area contributed by atoms with Crippen LogP contribution in [-0.2, 0) is 0 Å². The number of anilines is 1. The summed E-state index contributed by atoms with van der Waals surface area (Å²) in [5.41, 5.74) is 1.15. The summed E-state index contributed by atoms with van der Waals surface area (Å²) in [7, 11) is 0. The molecule has 0 spiro atoms. The largest absolute Gasteiger partial charge is 0.416 e. The lowest BCUT2D eigenvalue weighted by atomic mass is 9.94. The molecule has 0 radical (unpaired) electrons. The van der Waals surface area contributed by atoms with Crippen LogP contribution in [0.2, 0.25) is 0 Å². The number of fused-ring (bicyclic) bond motifs is 1. The molecule has 22 heavy (non-hydrogen) atoms. The maximum Gasteiger partial charge on any atom is 0.416 e. The Labute approximate surface area is 125 Å². The average Bonchev–Trinajstić information content (AvgIpc) is 2.44.